The minimum absolute atomic E-state index is 0.0405. The molecular formula is C45H63NO13. The van der Waals surface area contributed by atoms with Gasteiger partial charge >= 0.3 is 24.0 Å². The molecule has 2 saturated heterocycles. The van der Waals surface area contributed by atoms with E-state index in [0.717, 1.165) is 0 Å². The number of hydrogen-bond acceptors (Lipinski definition) is 13. The van der Waals surface area contributed by atoms with Crippen LogP contribution in [0.25, 0.3) is 0 Å². The van der Waals surface area contributed by atoms with E-state index in [1.54, 1.807) is 57.2 Å². The van der Waals surface area contributed by atoms with E-state index in [-0.39, 0.29) is 30.9 Å². The molecule has 13 atom stereocenters. The van der Waals surface area contributed by atoms with E-state index in [4.69, 9.17) is 33.2 Å². The van der Waals surface area contributed by atoms with Gasteiger partial charge in [-0.3, -0.25) is 4.79 Å². The quantitative estimate of drug-likeness (QED) is 0.151. The molecule has 14 nitrogen and oxygen atoms in total. The van der Waals surface area contributed by atoms with Gasteiger partial charge < -0.3 is 48.7 Å². The van der Waals surface area contributed by atoms with Gasteiger partial charge in [0.15, 0.2) is 18.0 Å². The number of aliphatic hydroxyl groups excluding tert-OH is 1. The maximum atomic E-state index is 14.4. The van der Waals surface area contributed by atoms with Crippen LogP contribution in [-0.2, 0) is 42.7 Å². The van der Waals surface area contributed by atoms with Crippen LogP contribution in [0.2, 0.25) is 0 Å². The van der Waals surface area contributed by atoms with Gasteiger partial charge in [-0.05, 0) is 63.8 Å². The number of amides is 1. The number of benzene rings is 1. The molecule has 326 valence electrons. The third-order valence-corrected chi connectivity index (χ3v) is 13.5. The lowest BCUT2D eigenvalue weighted by molar-refractivity contribution is -0.403. The number of rotatable bonds is 10. The molecule has 1 aromatic carbocycles. The fourth-order valence-corrected chi connectivity index (χ4v) is 11.0. The highest BCUT2D eigenvalue weighted by atomic mass is 16.7. The number of fused-ring (bicyclic) bond motifs is 4. The zero-order chi connectivity index (χ0) is 43.6. The molecule has 5 aliphatic rings. The molecule has 6 rings (SSSR count). The van der Waals surface area contributed by atoms with E-state index in [2.05, 4.69) is 11.9 Å². The number of carbonyl (C=O) groups is 4. The van der Waals surface area contributed by atoms with Gasteiger partial charge in [0.05, 0.1) is 36.3 Å². The summed E-state index contributed by atoms with van der Waals surface area (Å²) in [5.41, 5.74) is -4.96. The molecule has 2 bridgehead atoms. The summed E-state index contributed by atoms with van der Waals surface area (Å²) in [6.45, 7) is 23.6. The maximum Gasteiger partial charge on any atom is 0.407 e. The van der Waals surface area contributed by atoms with E-state index < -0.39 is 112 Å². The second-order valence-corrected chi connectivity index (χ2v) is 19.3. The number of esters is 3. The lowest BCUT2D eigenvalue weighted by atomic mass is 9.43. The van der Waals surface area contributed by atoms with Crippen LogP contribution >= 0.6 is 0 Å². The van der Waals surface area contributed by atoms with Crippen LogP contribution in [0.1, 0.15) is 106 Å². The van der Waals surface area contributed by atoms with Gasteiger partial charge in [0, 0.05) is 36.5 Å². The average molecular weight is 826 g/mol. The van der Waals surface area contributed by atoms with Crippen molar-refractivity contribution in [3.8, 4) is 0 Å². The first-order valence-electron chi connectivity index (χ1n) is 20.7. The Balaban J connectivity index is 1.51. The summed E-state index contributed by atoms with van der Waals surface area (Å²) in [6, 6.07) is 7.32. The molecule has 3 N–H and O–H groups in total. The smallest absolute Gasteiger partial charge is 0.407 e. The van der Waals surface area contributed by atoms with Crippen molar-refractivity contribution in [1.29, 1.82) is 0 Å². The van der Waals surface area contributed by atoms with Crippen molar-refractivity contribution in [2.45, 2.75) is 161 Å². The molecule has 1 aromatic rings. The molecule has 3 aliphatic carbocycles. The van der Waals surface area contributed by atoms with Crippen LogP contribution in [-0.4, -0.2) is 107 Å². The van der Waals surface area contributed by atoms with E-state index in [1.165, 1.54) is 6.92 Å². The fraction of sp³-hybridized carbons (Fsp3) is 0.689. The van der Waals surface area contributed by atoms with Crippen molar-refractivity contribution >= 4 is 24.0 Å². The van der Waals surface area contributed by atoms with Crippen LogP contribution in [0.15, 0.2) is 54.1 Å². The number of nitrogens with one attached hydrogen (secondary N) is 1. The zero-order valence-electron chi connectivity index (χ0n) is 36.2. The molecule has 2 saturated carbocycles. The zero-order valence-corrected chi connectivity index (χ0v) is 36.2. The SMILES string of the molecule is C=CC1O[C@H]2C[C@H]3OC[C@@]3(OC(C)=O)[C@H]3[C@H](OC(=O)c4ccccc4)[C@]4(O)C[C@H](OC(=O)[C@@H](O)C(CC(C)C)NC(=O)OC(C)(C)C)C(C)=C([C@H](C)[C@H](O1)[C@]23C)C4(C)C. The Morgan fingerprint density at radius 3 is 2.27 bits per heavy atom. The monoisotopic (exact) mass is 825 g/mol. The first-order chi connectivity index (χ1) is 27.4. The first-order valence-corrected chi connectivity index (χ1v) is 20.7. The maximum absolute atomic E-state index is 14.4. The largest absolute Gasteiger partial charge is 0.456 e. The third kappa shape index (κ3) is 7.73. The number of ether oxygens (including phenoxy) is 7. The van der Waals surface area contributed by atoms with Crippen LogP contribution in [0.4, 0.5) is 4.79 Å². The summed E-state index contributed by atoms with van der Waals surface area (Å²) in [5, 5.41) is 28.0. The molecule has 0 radical (unpaired) electrons. The van der Waals surface area contributed by atoms with Crippen molar-refractivity contribution in [2.75, 3.05) is 6.61 Å². The van der Waals surface area contributed by atoms with Gasteiger partial charge in [-0.2, -0.15) is 0 Å². The Labute approximate surface area is 347 Å². The van der Waals surface area contributed by atoms with Crippen molar-refractivity contribution < 1.29 is 62.5 Å². The molecule has 2 unspecified atom stereocenters. The highest BCUT2D eigenvalue weighted by Crippen LogP contribution is 2.68. The topological polar surface area (TPSA) is 185 Å². The third-order valence-electron chi connectivity index (χ3n) is 13.5. The van der Waals surface area contributed by atoms with Gasteiger partial charge in [0.25, 0.3) is 0 Å². The molecule has 4 fully saturated rings. The lowest BCUT2D eigenvalue weighted by Crippen LogP contribution is -2.83. The second-order valence-electron chi connectivity index (χ2n) is 19.3. The molecule has 2 aliphatic heterocycles. The second kappa shape index (κ2) is 15.9. The Kier molecular flexibility index (Phi) is 12.1. The van der Waals surface area contributed by atoms with Crippen LogP contribution in [0.3, 0.4) is 0 Å². The lowest BCUT2D eigenvalue weighted by Gasteiger charge is -2.71. The predicted molar refractivity (Wildman–Crippen MR) is 214 cm³/mol. The molecule has 0 spiro atoms. The number of aliphatic hydroxyl groups is 2. The van der Waals surface area contributed by atoms with Gasteiger partial charge in [0.1, 0.15) is 29.5 Å². The molecule has 2 heterocycles. The van der Waals surface area contributed by atoms with Crippen LogP contribution in [0.5, 0.6) is 0 Å². The molecule has 0 aromatic heterocycles. The standard InChI is InChI=1S/C45H63NO13/c1-13-32-55-30-20-31-44(22-53-31,58-26(6)47)35-37(57-38(49)27-17-15-14-16-18-27)45(52)21-29(24(4)33(42(45,10)11)25(5)36(56-32)43(30,35)12)54-39(50)34(48)28(19-23(2)3)46-40(51)59-41(7,8)9/h13-18,23,25,28-32,34-37,48,52H,1,19-22H2,2-12H3,(H,46,51)/t25-,28?,29-,30-,31+,32?,34-,35-,36-,37-,43+,44-,45+/m0/s1. The fourth-order valence-electron chi connectivity index (χ4n) is 11.0. The highest BCUT2D eigenvalue weighted by Gasteiger charge is 2.79. The Morgan fingerprint density at radius 1 is 1.05 bits per heavy atom. The van der Waals surface area contributed by atoms with Gasteiger partial charge in [0.2, 0.25) is 0 Å². The van der Waals surface area contributed by atoms with E-state index in [0.29, 0.717) is 17.6 Å². The number of alkyl carbamates (subject to hydrolysis) is 1. The average Bonchev–Trinajstić information content (AvgIpc) is 3.12. The minimum atomic E-state index is -2.02. The molecule has 59 heavy (non-hydrogen) atoms. The highest BCUT2D eigenvalue weighted by molar-refractivity contribution is 5.89. The van der Waals surface area contributed by atoms with Gasteiger partial charge in [-0.25, -0.2) is 14.4 Å². The minimum Gasteiger partial charge on any atom is -0.456 e. The Bertz CT molecular complexity index is 1840. The number of hydrogen-bond donors (Lipinski definition) is 3. The molecular weight excluding hydrogens is 762 g/mol. The van der Waals surface area contributed by atoms with Crippen molar-refractivity contribution in [3.63, 3.8) is 0 Å². The summed E-state index contributed by atoms with van der Waals surface area (Å²) in [5.74, 6) is -3.85. The van der Waals surface area contributed by atoms with E-state index in [1.807, 2.05) is 48.5 Å². The van der Waals surface area contributed by atoms with Crippen LogP contribution in [0, 0.1) is 28.6 Å². The summed E-state index contributed by atoms with van der Waals surface area (Å²) in [4.78, 5) is 54.5. The van der Waals surface area contributed by atoms with Gasteiger partial charge in [-0.1, -0.05) is 71.9 Å². The summed E-state index contributed by atoms with van der Waals surface area (Å²) >= 11 is 0. The summed E-state index contributed by atoms with van der Waals surface area (Å²) < 4.78 is 44.1. The Hall–Kier alpha value is -3.82. The van der Waals surface area contributed by atoms with Crippen molar-refractivity contribution in [1.82, 2.24) is 5.32 Å². The van der Waals surface area contributed by atoms with Gasteiger partial charge in [-0.15, -0.1) is 0 Å². The molecule has 14 heteroatoms. The van der Waals surface area contributed by atoms with Crippen LogP contribution < -0.4 is 5.32 Å². The first kappa shape index (κ1) is 44.7. The van der Waals surface area contributed by atoms with E-state index in [9.17, 15) is 29.4 Å². The normalized spacial score (nSPS) is 36.8. The molecule has 1 amide bonds. The summed E-state index contributed by atoms with van der Waals surface area (Å²) in [6.07, 6.45) is -6.18. The van der Waals surface area contributed by atoms with Crippen molar-refractivity contribution in [2.24, 2.45) is 28.6 Å². The number of carbonyl (C=O) groups excluding carboxylic acids is 4. The van der Waals surface area contributed by atoms with Crippen molar-refractivity contribution in [3.05, 3.63) is 59.7 Å². The Morgan fingerprint density at radius 2 is 1.71 bits per heavy atom. The summed E-state index contributed by atoms with van der Waals surface area (Å²) in [7, 11) is 0. The van der Waals surface area contributed by atoms with E-state index >= 15 is 0 Å². The predicted octanol–water partition coefficient (Wildman–Crippen LogP) is 5.57.